The van der Waals surface area contributed by atoms with Crippen LogP contribution >= 0.6 is 0 Å². The summed E-state index contributed by atoms with van der Waals surface area (Å²) in [7, 11) is 0. The van der Waals surface area contributed by atoms with Crippen LogP contribution in [-0.4, -0.2) is 6.85 Å². The van der Waals surface area contributed by atoms with Crippen molar-refractivity contribution in [2.24, 2.45) is 3.45 Å². The van der Waals surface area contributed by atoms with Crippen LogP contribution in [0.4, 0.5) is 0 Å². The predicted molar refractivity (Wildman–Crippen MR) is 46.5 cm³/mol. The van der Waals surface area contributed by atoms with Crippen LogP contribution in [0.2, 0.25) is 11.6 Å². The summed E-state index contributed by atoms with van der Waals surface area (Å²) in [6, 6.07) is 0. The zero-order valence-corrected chi connectivity index (χ0v) is 10.6. The van der Waals surface area contributed by atoms with Gasteiger partial charge < -0.3 is 0 Å². The van der Waals surface area contributed by atoms with Gasteiger partial charge in [-0.2, -0.15) is 0 Å². The fourth-order valence-electron chi connectivity index (χ4n) is 2.95. The Bertz CT molecular complexity index is 154. The third-order valence-electron chi connectivity index (χ3n) is 3.52. The molecule has 0 aromatic rings. The summed E-state index contributed by atoms with van der Waals surface area (Å²) in [5.41, 5.74) is 0. The molecule has 0 unspecified atom stereocenters. The third kappa shape index (κ3) is 1.74. The van der Waals surface area contributed by atoms with Gasteiger partial charge in [-0.1, -0.05) is 0 Å². The van der Waals surface area contributed by atoms with Gasteiger partial charge in [0.25, 0.3) is 0 Å². The average Bonchev–Trinajstić information content (AvgIpc) is 2.04. The molecule has 65 valence electrons. The maximum absolute atomic E-state index is 4.20. The first-order valence-corrected chi connectivity index (χ1v) is 6.45. The molecular weight excluding hydrogens is 316 g/mol. The number of nitrogens with zero attached hydrogens (tertiary/aromatic N) is 1. The number of hydrogen-bond acceptors (Lipinski definition) is 2. The molecule has 0 saturated carbocycles. The van der Waals surface area contributed by atoms with E-state index in [0.717, 1.165) is 39.4 Å². The van der Waals surface area contributed by atoms with Crippen molar-refractivity contribution in [3.8, 4) is 0 Å². The van der Waals surface area contributed by atoms with Crippen LogP contribution in [0, 0.1) is 0 Å². The minimum absolute atomic E-state index is 0.748. The quantitative estimate of drug-likeness (QED) is 0.610. The summed E-state index contributed by atoms with van der Waals surface area (Å²) in [5.74, 6) is 1.90. The molecule has 2 aliphatic rings. The topological polar surface area (TPSA) is 24.4 Å². The molecule has 2 fully saturated rings. The Morgan fingerprint density at radius 1 is 1.08 bits per heavy atom. The summed E-state index contributed by atoms with van der Waals surface area (Å²) >= 11 is 1.13. The van der Waals surface area contributed by atoms with Crippen molar-refractivity contribution < 1.29 is 20.9 Å². The first-order chi connectivity index (χ1) is 5.92. The van der Waals surface area contributed by atoms with Crippen LogP contribution in [0.15, 0.2) is 3.45 Å². The summed E-state index contributed by atoms with van der Waals surface area (Å²) in [4.78, 5) is 0. The van der Waals surface area contributed by atoms with Crippen molar-refractivity contribution in [1.29, 1.82) is 0 Å². The van der Waals surface area contributed by atoms with E-state index in [1.807, 2.05) is 0 Å². The fraction of sp³-hybridized carbons (Fsp3) is 1.00. The van der Waals surface area contributed by atoms with Crippen LogP contribution in [-0.2, 0) is 20.9 Å². The minimum atomic E-state index is 0.748. The summed E-state index contributed by atoms with van der Waals surface area (Å²) in [5, 5.41) is 3.36. The second-order valence-electron chi connectivity index (χ2n) is 4.14. The average molecular weight is 331 g/mol. The Hall–Kier alpha value is 0.565. The first kappa shape index (κ1) is 9.13. The summed E-state index contributed by atoms with van der Waals surface area (Å²) in [6.07, 6.45) is 8.72. The molecule has 1 N–H and O–H groups in total. The van der Waals surface area contributed by atoms with Crippen LogP contribution in [0.3, 0.4) is 0 Å². The van der Waals surface area contributed by atoms with E-state index in [1.165, 1.54) is 38.5 Å². The standard InChI is InChI=1S/C8H15BN2.Ta/c10-11-9-7-3-1-4-8(9)6-2-5-7;/h7-8,11H,1-6H2;. The molecule has 0 radical (unpaired) electrons. The van der Waals surface area contributed by atoms with Gasteiger partial charge in [0.15, 0.2) is 0 Å². The van der Waals surface area contributed by atoms with Gasteiger partial charge in [-0.25, -0.2) is 0 Å². The number of rotatable bonds is 2. The zero-order valence-electron chi connectivity index (χ0n) is 7.37. The molecule has 2 bridgehead atoms. The van der Waals surface area contributed by atoms with Gasteiger partial charge in [0.1, 0.15) is 0 Å². The molecular formula is C8H15BN2Ta. The molecule has 0 aromatic heterocycles. The Morgan fingerprint density at radius 3 is 2.00 bits per heavy atom. The van der Waals surface area contributed by atoms with E-state index in [2.05, 4.69) is 8.78 Å². The van der Waals surface area contributed by atoms with Crippen molar-refractivity contribution in [2.75, 3.05) is 0 Å². The molecule has 2 nitrogen and oxygen atoms in total. The maximum atomic E-state index is 4.20. The van der Waals surface area contributed by atoms with Crippen LogP contribution in [0.5, 0.6) is 0 Å². The Morgan fingerprint density at radius 2 is 1.58 bits per heavy atom. The van der Waals surface area contributed by atoms with Gasteiger partial charge in [-0.3, -0.25) is 0 Å². The first-order valence-electron chi connectivity index (χ1n) is 5.01. The van der Waals surface area contributed by atoms with E-state index in [0.29, 0.717) is 0 Å². The van der Waals surface area contributed by atoms with Crippen LogP contribution in [0.25, 0.3) is 0 Å². The van der Waals surface area contributed by atoms with Crippen molar-refractivity contribution in [3.63, 3.8) is 0 Å². The molecule has 0 amide bonds. The van der Waals surface area contributed by atoms with Crippen LogP contribution < -0.4 is 5.34 Å². The molecule has 4 heteroatoms. The molecule has 12 heavy (non-hydrogen) atoms. The van der Waals surface area contributed by atoms with Gasteiger partial charge >= 0.3 is 86.7 Å². The molecule has 0 spiro atoms. The van der Waals surface area contributed by atoms with Crippen molar-refractivity contribution in [2.45, 2.75) is 50.2 Å². The van der Waals surface area contributed by atoms with E-state index in [1.54, 1.807) is 0 Å². The molecule has 0 atom stereocenters. The van der Waals surface area contributed by atoms with Crippen molar-refractivity contribution in [3.05, 3.63) is 0 Å². The van der Waals surface area contributed by atoms with E-state index in [4.69, 9.17) is 0 Å². The molecule has 2 heterocycles. The number of hydrogen-bond donors (Lipinski definition) is 1. The Balaban J connectivity index is 2.03. The van der Waals surface area contributed by atoms with Gasteiger partial charge in [-0.15, -0.1) is 0 Å². The molecule has 0 aliphatic carbocycles. The Labute approximate surface area is 86.7 Å². The SMILES string of the molecule is [Ta]=[N]NB1C2CCCC1CCC2. The molecule has 2 rings (SSSR count). The third-order valence-corrected chi connectivity index (χ3v) is 3.94. The summed E-state index contributed by atoms with van der Waals surface area (Å²) < 4.78 is 4.20. The normalized spacial score (nSPS) is 34.8. The zero-order chi connectivity index (χ0) is 8.39. The predicted octanol–water partition coefficient (Wildman–Crippen LogP) is 2.32. The fourth-order valence-corrected chi connectivity index (χ4v) is 3.43. The number of fused-ring (bicyclic) bond motifs is 2. The second kappa shape index (κ2) is 4.18. The van der Waals surface area contributed by atoms with Gasteiger partial charge in [-0.05, 0) is 0 Å². The van der Waals surface area contributed by atoms with Crippen molar-refractivity contribution >= 4 is 6.85 Å². The van der Waals surface area contributed by atoms with E-state index >= 15 is 0 Å². The molecule has 2 aliphatic heterocycles. The molecule has 2 saturated heterocycles. The van der Waals surface area contributed by atoms with Gasteiger partial charge in [0.2, 0.25) is 0 Å². The van der Waals surface area contributed by atoms with Crippen LogP contribution in [0.1, 0.15) is 38.5 Å². The van der Waals surface area contributed by atoms with E-state index in [-0.39, 0.29) is 0 Å². The van der Waals surface area contributed by atoms with E-state index in [9.17, 15) is 0 Å². The van der Waals surface area contributed by atoms with Gasteiger partial charge in [0.05, 0.1) is 0 Å². The second-order valence-corrected chi connectivity index (χ2v) is 4.86. The summed E-state index contributed by atoms with van der Waals surface area (Å²) in [6.45, 7) is 0.748. The Kier molecular flexibility index (Phi) is 3.18. The number of nitrogens with one attached hydrogen (secondary N) is 1. The van der Waals surface area contributed by atoms with E-state index < -0.39 is 0 Å². The van der Waals surface area contributed by atoms with Gasteiger partial charge in [0, 0.05) is 0 Å². The van der Waals surface area contributed by atoms with Crippen molar-refractivity contribution in [1.82, 2.24) is 5.34 Å². The monoisotopic (exact) mass is 331 g/mol. The molecule has 0 aromatic carbocycles.